The Balaban J connectivity index is 1.85. The summed E-state index contributed by atoms with van der Waals surface area (Å²) >= 11 is 0. The summed E-state index contributed by atoms with van der Waals surface area (Å²) in [4.78, 5) is 2.31. The van der Waals surface area contributed by atoms with Gasteiger partial charge in [0.1, 0.15) is 0 Å². The number of hydrogen-bond donors (Lipinski definition) is 1. The molecular weight excluding hydrogens is 266 g/mol. The van der Waals surface area contributed by atoms with Crippen LogP contribution in [0.3, 0.4) is 0 Å². The summed E-state index contributed by atoms with van der Waals surface area (Å²) in [7, 11) is 2.13. The maximum atomic E-state index is 9.05. The largest absolute Gasteiger partial charge is 0.394 e. The molecule has 0 aliphatic rings. The maximum Gasteiger partial charge on any atom is 0.0644 e. The van der Waals surface area contributed by atoms with Crippen molar-refractivity contribution in [2.75, 3.05) is 20.2 Å². The first kappa shape index (κ1) is 15.7. The van der Waals surface area contributed by atoms with Crippen molar-refractivity contribution < 1.29 is 5.11 Å². The molecule has 0 aliphatic carbocycles. The van der Waals surface area contributed by atoms with Gasteiger partial charge in [0, 0.05) is 36.7 Å². The van der Waals surface area contributed by atoms with Crippen LogP contribution in [0.1, 0.15) is 23.4 Å². The van der Waals surface area contributed by atoms with Crippen molar-refractivity contribution in [3.63, 3.8) is 0 Å². The van der Waals surface area contributed by atoms with Gasteiger partial charge in [-0.2, -0.15) is 10.2 Å². The van der Waals surface area contributed by atoms with Gasteiger partial charge in [0.2, 0.25) is 0 Å². The Kier molecular flexibility index (Phi) is 5.52. The van der Waals surface area contributed by atoms with E-state index < -0.39 is 0 Å². The van der Waals surface area contributed by atoms with E-state index in [0.29, 0.717) is 6.54 Å². The van der Waals surface area contributed by atoms with Gasteiger partial charge in [0.15, 0.2) is 0 Å². The number of hydrogen-bond acceptors (Lipinski definition) is 4. The predicted octanol–water partition coefficient (Wildman–Crippen LogP) is 1.21. The monoisotopic (exact) mass is 291 g/mol. The Morgan fingerprint density at radius 2 is 2.10 bits per heavy atom. The van der Waals surface area contributed by atoms with Gasteiger partial charge in [-0.15, -0.1) is 0 Å². The van der Waals surface area contributed by atoms with Crippen molar-refractivity contribution in [3.8, 4) is 0 Å². The zero-order chi connectivity index (χ0) is 15.2. The van der Waals surface area contributed by atoms with Crippen molar-refractivity contribution in [1.29, 1.82) is 0 Å². The molecule has 2 heterocycles. The second-order valence-electron chi connectivity index (χ2n) is 5.46. The van der Waals surface area contributed by atoms with Crippen molar-refractivity contribution in [3.05, 3.63) is 35.4 Å². The molecule has 2 rings (SSSR count). The van der Waals surface area contributed by atoms with Crippen molar-refractivity contribution in [1.82, 2.24) is 24.5 Å². The molecule has 2 aromatic rings. The molecule has 1 N–H and O–H groups in total. The highest BCUT2D eigenvalue weighted by atomic mass is 16.3. The van der Waals surface area contributed by atoms with Gasteiger partial charge in [0.05, 0.1) is 18.8 Å². The summed E-state index contributed by atoms with van der Waals surface area (Å²) < 4.78 is 3.85. The van der Waals surface area contributed by atoms with Crippen LogP contribution < -0.4 is 0 Å². The van der Waals surface area contributed by atoms with Crippen LogP contribution in [0, 0.1) is 13.8 Å². The number of rotatable bonds is 8. The highest BCUT2D eigenvalue weighted by molar-refractivity contribution is 5.24. The summed E-state index contributed by atoms with van der Waals surface area (Å²) in [5.41, 5.74) is 3.48. The molecule has 0 unspecified atom stereocenters. The Labute approximate surface area is 126 Å². The third-order valence-corrected chi connectivity index (χ3v) is 3.76. The lowest BCUT2D eigenvalue weighted by Crippen LogP contribution is -2.21. The van der Waals surface area contributed by atoms with Crippen LogP contribution in [-0.2, 0) is 19.6 Å². The molecule has 0 radical (unpaired) electrons. The fraction of sp³-hybridized carbons (Fsp3) is 0.600. The van der Waals surface area contributed by atoms with Gasteiger partial charge < -0.3 is 10.0 Å². The fourth-order valence-corrected chi connectivity index (χ4v) is 2.56. The lowest BCUT2D eigenvalue weighted by atomic mass is 10.2. The molecule has 21 heavy (non-hydrogen) atoms. The molecule has 2 aromatic heterocycles. The highest BCUT2D eigenvalue weighted by Crippen LogP contribution is 2.15. The van der Waals surface area contributed by atoms with Crippen molar-refractivity contribution >= 4 is 0 Å². The quantitative estimate of drug-likeness (QED) is 0.794. The Morgan fingerprint density at radius 1 is 1.29 bits per heavy atom. The first-order valence-corrected chi connectivity index (χ1v) is 7.41. The first-order chi connectivity index (χ1) is 10.1. The van der Waals surface area contributed by atoms with Gasteiger partial charge in [-0.05, 0) is 39.9 Å². The van der Waals surface area contributed by atoms with E-state index in [4.69, 9.17) is 5.11 Å². The summed E-state index contributed by atoms with van der Waals surface area (Å²) in [6, 6.07) is 1.95. The number of aryl methyl sites for hydroxylation is 2. The molecule has 0 amide bonds. The van der Waals surface area contributed by atoms with Crippen LogP contribution in [0.25, 0.3) is 0 Å². The Morgan fingerprint density at radius 3 is 2.76 bits per heavy atom. The molecule has 0 bridgehead atoms. The number of aliphatic hydroxyl groups excluding tert-OH is 1. The second-order valence-corrected chi connectivity index (χ2v) is 5.46. The Bertz CT molecular complexity index is 547. The van der Waals surface area contributed by atoms with Crippen LogP contribution in [0.15, 0.2) is 18.5 Å². The summed E-state index contributed by atoms with van der Waals surface area (Å²) in [6.45, 7) is 7.65. The van der Waals surface area contributed by atoms with Crippen LogP contribution in [0.5, 0.6) is 0 Å². The molecule has 0 saturated carbocycles. The van der Waals surface area contributed by atoms with E-state index in [9.17, 15) is 0 Å². The zero-order valence-electron chi connectivity index (χ0n) is 13.2. The minimum absolute atomic E-state index is 0.126. The highest BCUT2D eigenvalue weighted by Gasteiger charge is 2.12. The van der Waals surface area contributed by atoms with E-state index in [2.05, 4.69) is 29.1 Å². The minimum atomic E-state index is 0.126. The second kappa shape index (κ2) is 7.38. The van der Waals surface area contributed by atoms with Gasteiger partial charge in [-0.3, -0.25) is 9.36 Å². The van der Waals surface area contributed by atoms with Crippen molar-refractivity contribution in [2.24, 2.45) is 0 Å². The third-order valence-electron chi connectivity index (χ3n) is 3.76. The van der Waals surface area contributed by atoms with Gasteiger partial charge in [0.25, 0.3) is 0 Å². The van der Waals surface area contributed by atoms with E-state index in [-0.39, 0.29) is 6.61 Å². The number of aromatic nitrogens is 4. The lowest BCUT2D eigenvalue weighted by Gasteiger charge is -2.17. The van der Waals surface area contributed by atoms with Crippen molar-refractivity contribution in [2.45, 2.75) is 39.9 Å². The number of aliphatic hydroxyl groups is 1. The minimum Gasteiger partial charge on any atom is -0.394 e. The predicted molar refractivity (Wildman–Crippen MR) is 82.0 cm³/mol. The van der Waals surface area contributed by atoms with E-state index in [1.54, 1.807) is 0 Å². The van der Waals surface area contributed by atoms with E-state index >= 15 is 0 Å². The standard InChI is InChI=1S/C15H25N5O/c1-13-15(14(2)20(17-13)10-11-21)12-18(3)7-5-9-19-8-4-6-16-19/h4,6,8,21H,5,7,9-12H2,1-3H3. The topological polar surface area (TPSA) is 59.1 Å². The van der Waals surface area contributed by atoms with E-state index in [1.807, 2.05) is 34.7 Å². The molecule has 6 nitrogen and oxygen atoms in total. The van der Waals surface area contributed by atoms with Gasteiger partial charge >= 0.3 is 0 Å². The molecule has 0 aliphatic heterocycles. The summed E-state index contributed by atoms with van der Waals surface area (Å²) in [5, 5.41) is 17.8. The molecule has 116 valence electrons. The molecule has 0 atom stereocenters. The van der Waals surface area contributed by atoms with Crippen LogP contribution in [0.2, 0.25) is 0 Å². The molecular formula is C15H25N5O. The molecule has 6 heteroatoms. The van der Waals surface area contributed by atoms with Crippen LogP contribution in [0.4, 0.5) is 0 Å². The number of nitrogens with zero attached hydrogens (tertiary/aromatic N) is 5. The first-order valence-electron chi connectivity index (χ1n) is 7.41. The summed E-state index contributed by atoms with van der Waals surface area (Å²) in [5.74, 6) is 0. The van der Waals surface area contributed by atoms with Crippen LogP contribution >= 0.6 is 0 Å². The lowest BCUT2D eigenvalue weighted by molar-refractivity contribution is 0.267. The zero-order valence-corrected chi connectivity index (χ0v) is 13.2. The van der Waals surface area contributed by atoms with E-state index in [0.717, 1.165) is 37.4 Å². The molecule has 0 spiro atoms. The average molecular weight is 291 g/mol. The maximum absolute atomic E-state index is 9.05. The Hall–Kier alpha value is -1.66. The normalized spacial score (nSPS) is 11.5. The SMILES string of the molecule is Cc1nn(CCO)c(C)c1CN(C)CCCn1cccn1. The van der Waals surface area contributed by atoms with Crippen LogP contribution in [-0.4, -0.2) is 49.8 Å². The smallest absolute Gasteiger partial charge is 0.0644 e. The third kappa shape index (κ3) is 4.15. The molecule has 0 saturated heterocycles. The van der Waals surface area contributed by atoms with E-state index in [1.165, 1.54) is 5.56 Å². The molecule has 0 aromatic carbocycles. The van der Waals surface area contributed by atoms with Gasteiger partial charge in [-0.25, -0.2) is 0 Å². The average Bonchev–Trinajstić information content (AvgIpc) is 3.04. The van der Waals surface area contributed by atoms with Gasteiger partial charge in [-0.1, -0.05) is 0 Å². The molecule has 0 fully saturated rings. The summed E-state index contributed by atoms with van der Waals surface area (Å²) in [6.07, 6.45) is 4.88. The fourth-order valence-electron chi connectivity index (χ4n) is 2.56.